The van der Waals surface area contributed by atoms with Crippen LogP contribution in [0.1, 0.15) is 25.8 Å². The molecule has 0 aliphatic heterocycles. The summed E-state index contributed by atoms with van der Waals surface area (Å²) in [7, 11) is 4.01. The number of pyridine rings is 1. The van der Waals surface area contributed by atoms with Crippen molar-refractivity contribution in [2.45, 2.75) is 32.9 Å². The first-order valence-electron chi connectivity index (χ1n) is 7.47. The second-order valence-corrected chi connectivity index (χ2v) is 6.09. The lowest BCUT2D eigenvalue weighted by Crippen LogP contribution is -2.40. The lowest BCUT2D eigenvalue weighted by Gasteiger charge is -2.26. The highest BCUT2D eigenvalue weighted by molar-refractivity contribution is 5.76. The van der Waals surface area contributed by atoms with Crippen molar-refractivity contribution < 1.29 is 4.79 Å². The summed E-state index contributed by atoms with van der Waals surface area (Å²) in [5.74, 6) is 0.421. The summed E-state index contributed by atoms with van der Waals surface area (Å²) in [5, 5.41) is 0. The molecule has 5 nitrogen and oxygen atoms in total. The summed E-state index contributed by atoms with van der Waals surface area (Å²) in [4.78, 5) is 20.5. The van der Waals surface area contributed by atoms with Crippen LogP contribution < -0.4 is 5.73 Å². The number of amides is 1. The monoisotopic (exact) mass is 292 g/mol. The maximum Gasteiger partial charge on any atom is 0.224 e. The fourth-order valence-corrected chi connectivity index (χ4v) is 1.89. The highest BCUT2D eigenvalue weighted by Gasteiger charge is 2.19. The van der Waals surface area contributed by atoms with Crippen LogP contribution in [0.4, 0.5) is 0 Å². The van der Waals surface area contributed by atoms with Crippen molar-refractivity contribution in [3.05, 3.63) is 30.1 Å². The third kappa shape index (κ3) is 6.69. The number of nitrogens with zero attached hydrogens (tertiary/aromatic N) is 3. The average Bonchev–Trinajstić information content (AvgIpc) is 2.44. The second kappa shape index (κ2) is 8.74. The molecule has 1 atom stereocenters. The summed E-state index contributed by atoms with van der Waals surface area (Å²) >= 11 is 0. The molecule has 0 radical (unpaired) electrons. The predicted molar refractivity (Wildman–Crippen MR) is 85.6 cm³/mol. The Kier molecular flexibility index (Phi) is 7.32. The van der Waals surface area contributed by atoms with E-state index < -0.39 is 0 Å². The van der Waals surface area contributed by atoms with Gasteiger partial charge in [-0.2, -0.15) is 0 Å². The highest BCUT2D eigenvalue weighted by Crippen LogP contribution is 2.09. The number of hydrogen-bond donors (Lipinski definition) is 1. The van der Waals surface area contributed by atoms with Gasteiger partial charge in [0.1, 0.15) is 0 Å². The van der Waals surface area contributed by atoms with Gasteiger partial charge in [0.15, 0.2) is 0 Å². The number of carbonyl (C=O) groups is 1. The summed E-state index contributed by atoms with van der Waals surface area (Å²) in [6.07, 6.45) is 3.94. The van der Waals surface area contributed by atoms with Gasteiger partial charge in [0.05, 0.1) is 0 Å². The van der Waals surface area contributed by atoms with Gasteiger partial charge in [-0.1, -0.05) is 19.9 Å². The zero-order chi connectivity index (χ0) is 15.8. The van der Waals surface area contributed by atoms with E-state index in [2.05, 4.69) is 9.88 Å². The Hall–Kier alpha value is -1.46. The van der Waals surface area contributed by atoms with E-state index in [0.29, 0.717) is 25.4 Å². The molecule has 0 fully saturated rings. The van der Waals surface area contributed by atoms with E-state index in [1.54, 1.807) is 12.4 Å². The minimum absolute atomic E-state index is 0.0896. The first-order chi connectivity index (χ1) is 9.90. The van der Waals surface area contributed by atoms with Crippen LogP contribution in [0.2, 0.25) is 0 Å². The lowest BCUT2D eigenvalue weighted by atomic mass is 10.0. The van der Waals surface area contributed by atoms with Gasteiger partial charge in [0.25, 0.3) is 0 Å². The first kappa shape index (κ1) is 17.6. The molecule has 0 bridgehead atoms. The third-order valence-electron chi connectivity index (χ3n) is 3.53. The Labute approximate surface area is 128 Å². The number of hydrogen-bond acceptors (Lipinski definition) is 4. The normalized spacial score (nSPS) is 12.7. The van der Waals surface area contributed by atoms with Crippen LogP contribution in [-0.4, -0.2) is 53.9 Å². The number of likely N-dealkylation sites (N-methyl/N-ethyl adjacent to an activating group) is 1. The molecule has 0 saturated carbocycles. The number of carbonyl (C=O) groups excluding carboxylic acids is 1. The van der Waals surface area contributed by atoms with Crippen LogP contribution in [-0.2, 0) is 11.3 Å². The molecule has 0 aliphatic rings. The van der Waals surface area contributed by atoms with E-state index in [1.807, 2.05) is 45.0 Å². The Morgan fingerprint density at radius 3 is 2.57 bits per heavy atom. The van der Waals surface area contributed by atoms with Crippen LogP contribution in [0.15, 0.2) is 24.5 Å². The highest BCUT2D eigenvalue weighted by atomic mass is 16.2. The van der Waals surface area contributed by atoms with Crippen molar-refractivity contribution in [3.63, 3.8) is 0 Å². The van der Waals surface area contributed by atoms with Gasteiger partial charge >= 0.3 is 0 Å². The maximum atomic E-state index is 12.5. The summed E-state index contributed by atoms with van der Waals surface area (Å²) < 4.78 is 0. The fraction of sp³-hybridized carbons (Fsp3) is 0.625. The fourth-order valence-electron chi connectivity index (χ4n) is 1.89. The zero-order valence-corrected chi connectivity index (χ0v) is 13.6. The first-order valence-corrected chi connectivity index (χ1v) is 7.47. The molecule has 1 aromatic heterocycles. The zero-order valence-electron chi connectivity index (χ0n) is 13.6. The predicted octanol–water partition coefficient (Wildman–Crippen LogP) is 1.35. The molecule has 0 spiro atoms. The third-order valence-corrected chi connectivity index (χ3v) is 3.53. The molecule has 1 rings (SSSR count). The van der Waals surface area contributed by atoms with E-state index in [-0.39, 0.29) is 11.9 Å². The van der Waals surface area contributed by atoms with Crippen LogP contribution in [0.25, 0.3) is 0 Å². The molecule has 0 aromatic carbocycles. The molecule has 0 saturated heterocycles. The summed E-state index contributed by atoms with van der Waals surface area (Å²) in [6.45, 7) is 6.21. The van der Waals surface area contributed by atoms with E-state index in [4.69, 9.17) is 5.73 Å². The summed E-state index contributed by atoms with van der Waals surface area (Å²) in [5.41, 5.74) is 7.08. The lowest BCUT2D eigenvalue weighted by molar-refractivity contribution is -0.132. The van der Waals surface area contributed by atoms with Crippen LogP contribution in [0.5, 0.6) is 0 Å². The maximum absolute atomic E-state index is 12.5. The average molecular weight is 292 g/mol. The summed E-state index contributed by atoms with van der Waals surface area (Å²) in [6, 6.07) is 3.79. The smallest absolute Gasteiger partial charge is 0.224 e. The van der Waals surface area contributed by atoms with Gasteiger partial charge in [0.2, 0.25) is 5.91 Å². The van der Waals surface area contributed by atoms with E-state index >= 15 is 0 Å². The topological polar surface area (TPSA) is 62.5 Å². The molecule has 1 unspecified atom stereocenters. The van der Waals surface area contributed by atoms with Crippen molar-refractivity contribution in [1.82, 2.24) is 14.8 Å². The molecule has 118 valence electrons. The largest absolute Gasteiger partial charge is 0.337 e. The van der Waals surface area contributed by atoms with Crippen LogP contribution in [0.3, 0.4) is 0 Å². The Bertz CT molecular complexity index is 420. The van der Waals surface area contributed by atoms with E-state index in [1.165, 1.54) is 0 Å². The van der Waals surface area contributed by atoms with Gasteiger partial charge < -0.3 is 15.5 Å². The van der Waals surface area contributed by atoms with Crippen molar-refractivity contribution in [1.29, 1.82) is 0 Å². The Morgan fingerprint density at radius 1 is 1.33 bits per heavy atom. The van der Waals surface area contributed by atoms with Gasteiger partial charge in [0, 0.05) is 44.5 Å². The van der Waals surface area contributed by atoms with E-state index in [9.17, 15) is 4.79 Å². The van der Waals surface area contributed by atoms with Gasteiger partial charge in [-0.05, 0) is 31.6 Å². The van der Waals surface area contributed by atoms with Crippen molar-refractivity contribution in [2.24, 2.45) is 11.7 Å². The molecular formula is C16H28N4O. The molecule has 1 amide bonds. The molecule has 1 heterocycles. The Balaban J connectivity index is 2.69. The standard InChI is InChI=1S/C16H28N4O/c1-13(2)15(17)10-16(21)20(9-8-19(3)4)12-14-6-5-7-18-11-14/h5-7,11,13,15H,8-10,12,17H2,1-4H3. The SMILES string of the molecule is CC(C)C(N)CC(=O)N(CCN(C)C)Cc1cccnc1. The second-order valence-electron chi connectivity index (χ2n) is 6.09. The van der Waals surface area contributed by atoms with Crippen molar-refractivity contribution in [2.75, 3.05) is 27.2 Å². The van der Waals surface area contributed by atoms with E-state index in [0.717, 1.165) is 12.1 Å². The molecular weight excluding hydrogens is 264 g/mol. The van der Waals surface area contributed by atoms with Crippen molar-refractivity contribution in [3.8, 4) is 0 Å². The van der Waals surface area contributed by atoms with Crippen molar-refractivity contribution >= 4 is 5.91 Å². The number of nitrogens with two attached hydrogens (primary N) is 1. The van der Waals surface area contributed by atoms with Gasteiger partial charge in [-0.3, -0.25) is 9.78 Å². The Morgan fingerprint density at radius 2 is 2.05 bits per heavy atom. The quantitative estimate of drug-likeness (QED) is 0.785. The van der Waals surface area contributed by atoms with Crippen LogP contribution >= 0.6 is 0 Å². The molecule has 5 heteroatoms. The molecule has 0 aliphatic carbocycles. The molecule has 21 heavy (non-hydrogen) atoms. The number of aromatic nitrogens is 1. The van der Waals surface area contributed by atoms with Gasteiger partial charge in [-0.15, -0.1) is 0 Å². The number of rotatable bonds is 8. The minimum atomic E-state index is -0.0896. The van der Waals surface area contributed by atoms with Gasteiger partial charge in [-0.25, -0.2) is 0 Å². The van der Waals surface area contributed by atoms with Crippen LogP contribution in [0, 0.1) is 5.92 Å². The minimum Gasteiger partial charge on any atom is -0.337 e. The molecule has 1 aromatic rings. The molecule has 2 N–H and O–H groups in total.